The fraction of sp³-hybridized carbons (Fsp3) is 0.211. The molecule has 25 heavy (non-hydrogen) atoms. The lowest BCUT2D eigenvalue weighted by molar-refractivity contribution is -0.172. The van der Waals surface area contributed by atoms with E-state index in [2.05, 4.69) is 5.16 Å². The van der Waals surface area contributed by atoms with Crippen molar-refractivity contribution in [1.82, 2.24) is 0 Å². The molecule has 0 radical (unpaired) electrons. The van der Waals surface area contributed by atoms with Crippen LogP contribution in [0, 0.1) is 0 Å². The quantitative estimate of drug-likeness (QED) is 0.476. The topological polar surface area (TPSA) is 91.0 Å². The summed E-state index contributed by atoms with van der Waals surface area (Å²) >= 11 is 0. The molecule has 0 bridgehead atoms. The van der Waals surface area contributed by atoms with Crippen LogP contribution in [-0.2, 0) is 19.2 Å². The minimum Gasteiger partial charge on any atom is -0.450 e. The van der Waals surface area contributed by atoms with Crippen LogP contribution in [0.15, 0.2) is 65.8 Å². The van der Waals surface area contributed by atoms with Gasteiger partial charge in [-0.05, 0) is 25.0 Å². The lowest BCUT2D eigenvalue weighted by Gasteiger charge is -2.25. The Morgan fingerprint density at radius 2 is 1.48 bits per heavy atom. The van der Waals surface area contributed by atoms with Gasteiger partial charge in [0.25, 0.3) is 5.91 Å². The first kappa shape index (κ1) is 18.2. The van der Waals surface area contributed by atoms with Crippen LogP contribution in [0.5, 0.6) is 0 Å². The third-order valence-corrected chi connectivity index (χ3v) is 3.38. The van der Waals surface area contributed by atoms with Gasteiger partial charge in [0.2, 0.25) is 5.60 Å². The molecule has 2 aromatic carbocycles. The number of hydrogen-bond acceptors (Lipinski definition) is 5. The van der Waals surface area contributed by atoms with Crippen molar-refractivity contribution in [3.8, 4) is 0 Å². The van der Waals surface area contributed by atoms with Crippen LogP contribution in [0.25, 0.3) is 0 Å². The second kappa shape index (κ2) is 8.10. The smallest absolute Gasteiger partial charge is 0.353 e. The van der Waals surface area contributed by atoms with E-state index in [1.54, 1.807) is 0 Å². The van der Waals surface area contributed by atoms with Gasteiger partial charge in [0, 0.05) is 0 Å². The number of nitrogens with two attached hydrogens (primary N) is 1. The molecular formula is C19H20N2O4. The Kier molecular flexibility index (Phi) is 5.89. The van der Waals surface area contributed by atoms with Gasteiger partial charge in [0.15, 0.2) is 6.10 Å². The highest BCUT2D eigenvalue weighted by Gasteiger charge is 2.35. The Labute approximate surface area is 146 Å². The highest BCUT2D eigenvalue weighted by atomic mass is 16.7. The first-order valence-electron chi connectivity index (χ1n) is 7.72. The average Bonchev–Trinajstić information content (AvgIpc) is 2.60. The Bertz CT molecular complexity index is 703. The first-order chi connectivity index (χ1) is 11.9. The van der Waals surface area contributed by atoms with E-state index in [9.17, 15) is 9.59 Å². The second-order valence-electron chi connectivity index (χ2n) is 5.85. The van der Waals surface area contributed by atoms with E-state index in [1.807, 2.05) is 60.7 Å². The van der Waals surface area contributed by atoms with Gasteiger partial charge in [-0.25, -0.2) is 4.79 Å². The van der Waals surface area contributed by atoms with Crippen molar-refractivity contribution in [2.24, 2.45) is 10.9 Å². The van der Waals surface area contributed by atoms with Gasteiger partial charge in [-0.3, -0.25) is 4.79 Å². The van der Waals surface area contributed by atoms with Crippen molar-refractivity contribution < 1.29 is 19.2 Å². The molecule has 6 nitrogen and oxygen atoms in total. The maximum Gasteiger partial charge on any atom is 0.353 e. The van der Waals surface area contributed by atoms with Crippen molar-refractivity contribution in [1.29, 1.82) is 0 Å². The van der Waals surface area contributed by atoms with Crippen LogP contribution in [0.3, 0.4) is 0 Å². The molecule has 0 heterocycles. The number of esters is 1. The second-order valence-corrected chi connectivity index (χ2v) is 5.85. The minimum absolute atomic E-state index is 0.585. The predicted octanol–water partition coefficient (Wildman–Crippen LogP) is 2.59. The number of nitrogens with zero attached hydrogens (tertiary/aromatic N) is 1. The zero-order valence-corrected chi connectivity index (χ0v) is 14.1. The molecule has 0 aliphatic rings. The van der Waals surface area contributed by atoms with Gasteiger partial charge in [-0.2, -0.15) is 0 Å². The Balaban J connectivity index is 2.22. The lowest BCUT2D eigenvalue weighted by atomic mass is 10.0. The molecule has 0 fully saturated rings. The van der Waals surface area contributed by atoms with Crippen molar-refractivity contribution in [2.45, 2.75) is 25.6 Å². The van der Waals surface area contributed by atoms with E-state index < -0.39 is 23.6 Å². The summed E-state index contributed by atoms with van der Waals surface area (Å²) in [6.07, 6.45) is 0.207. The van der Waals surface area contributed by atoms with Gasteiger partial charge in [0.1, 0.15) is 6.21 Å². The Morgan fingerprint density at radius 1 is 1.00 bits per heavy atom. The number of carbonyl (C=O) groups is 2. The molecule has 0 saturated carbocycles. The zero-order valence-electron chi connectivity index (χ0n) is 14.1. The summed E-state index contributed by atoms with van der Waals surface area (Å²) in [5, 5.41) is 3.42. The van der Waals surface area contributed by atoms with E-state index in [4.69, 9.17) is 15.3 Å². The molecule has 0 aliphatic carbocycles. The summed E-state index contributed by atoms with van der Waals surface area (Å²) in [6.45, 7) is 3.00. The number of oxime groups is 1. The van der Waals surface area contributed by atoms with E-state index in [0.717, 1.165) is 17.3 Å². The normalized spacial score (nSPS) is 11.5. The monoisotopic (exact) mass is 340 g/mol. The van der Waals surface area contributed by atoms with E-state index in [-0.39, 0.29) is 0 Å². The highest BCUT2D eigenvalue weighted by Crippen LogP contribution is 2.28. The molecule has 6 heteroatoms. The number of rotatable bonds is 7. The minimum atomic E-state index is -1.38. The largest absolute Gasteiger partial charge is 0.450 e. The third kappa shape index (κ3) is 5.17. The standard InChI is InChI=1S/C19H20N2O4/c1-19(2,25-21-13-16(20)22)18(23)24-17(14-9-5-3-6-10-14)15-11-7-4-8-12-15/h3-13,17H,1-2H3,(H2,20,22)/b21-13+. The molecule has 0 atom stereocenters. The summed E-state index contributed by atoms with van der Waals surface area (Å²) in [5.41, 5.74) is 5.23. The van der Waals surface area contributed by atoms with Crippen molar-refractivity contribution >= 4 is 18.1 Å². The summed E-state index contributed by atoms with van der Waals surface area (Å²) in [6, 6.07) is 18.8. The van der Waals surface area contributed by atoms with Crippen molar-refractivity contribution in [2.75, 3.05) is 0 Å². The van der Waals surface area contributed by atoms with Gasteiger partial charge in [-0.1, -0.05) is 65.8 Å². The fourth-order valence-corrected chi connectivity index (χ4v) is 2.08. The number of primary amides is 1. The molecule has 2 aromatic rings. The maximum absolute atomic E-state index is 12.6. The van der Waals surface area contributed by atoms with Crippen molar-refractivity contribution in [3.63, 3.8) is 0 Å². The molecule has 0 unspecified atom stereocenters. The number of hydrogen-bond donors (Lipinski definition) is 1. The third-order valence-electron chi connectivity index (χ3n) is 3.38. The van der Waals surface area contributed by atoms with E-state index in [0.29, 0.717) is 0 Å². The van der Waals surface area contributed by atoms with Gasteiger partial charge in [-0.15, -0.1) is 0 Å². The van der Waals surface area contributed by atoms with Crippen LogP contribution >= 0.6 is 0 Å². The molecule has 0 aliphatic heterocycles. The van der Waals surface area contributed by atoms with Gasteiger partial charge >= 0.3 is 5.97 Å². The Morgan fingerprint density at radius 3 is 1.92 bits per heavy atom. The summed E-state index contributed by atoms with van der Waals surface area (Å²) in [4.78, 5) is 28.3. The molecule has 1 amide bonds. The van der Waals surface area contributed by atoms with Crippen LogP contribution < -0.4 is 5.73 Å². The molecule has 130 valence electrons. The first-order valence-corrected chi connectivity index (χ1v) is 7.72. The van der Waals surface area contributed by atoms with Crippen LogP contribution in [-0.4, -0.2) is 23.7 Å². The molecule has 2 rings (SSSR count). The average molecular weight is 340 g/mol. The molecular weight excluding hydrogens is 320 g/mol. The summed E-state index contributed by atoms with van der Waals surface area (Å²) in [5.74, 6) is -1.39. The SMILES string of the molecule is CC(C)(O/N=C/C(N)=O)C(=O)OC(c1ccccc1)c1ccccc1. The molecule has 2 N–H and O–H groups in total. The fourth-order valence-electron chi connectivity index (χ4n) is 2.08. The van der Waals surface area contributed by atoms with E-state index >= 15 is 0 Å². The number of ether oxygens (including phenoxy) is 1. The van der Waals surface area contributed by atoms with Gasteiger partial charge in [0.05, 0.1) is 0 Å². The zero-order chi connectivity index (χ0) is 18.3. The summed E-state index contributed by atoms with van der Waals surface area (Å²) in [7, 11) is 0. The summed E-state index contributed by atoms with van der Waals surface area (Å²) < 4.78 is 5.69. The number of amides is 1. The highest BCUT2D eigenvalue weighted by molar-refractivity contribution is 6.25. The molecule has 0 aromatic heterocycles. The predicted molar refractivity (Wildman–Crippen MR) is 93.7 cm³/mol. The lowest BCUT2D eigenvalue weighted by Crippen LogP contribution is -2.36. The van der Waals surface area contributed by atoms with Crippen LogP contribution in [0.1, 0.15) is 31.1 Å². The molecule has 0 spiro atoms. The Hall–Kier alpha value is -3.15. The number of carbonyl (C=O) groups excluding carboxylic acids is 2. The van der Waals surface area contributed by atoms with E-state index in [1.165, 1.54) is 13.8 Å². The molecule has 0 saturated heterocycles. The van der Waals surface area contributed by atoms with Crippen LogP contribution in [0.4, 0.5) is 0 Å². The van der Waals surface area contributed by atoms with Crippen molar-refractivity contribution in [3.05, 3.63) is 71.8 Å². The maximum atomic E-state index is 12.6. The van der Waals surface area contributed by atoms with Crippen LogP contribution in [0.2, 0.25) is 0 Å². The van der Waals surface area contributed by atoms with Gasteiger partial charge < -0.3 is 15.3 Å². The number of benzene rings is 2.